The summed E-state index contributed by atoms with van der Waals surface area (Å²) in [7, 11) is 0. The van der Waals surface area contributed by atoms with Gasteiger partial charge >= 0.3 is 0 Å². The molecule has 0 saturated carbocycles. The molecule has 0 bridgehead atoms. The third-order valence-corrected chi connectivity index (χ3v) is 2.87. The van der Waals surface area contributed by atoms with Gasteiger partial charge in [-0.2, -0.15) is 0 Å². The Morgan fingerprint density at radius 2 is 2.12 bits per heavy atom. The molecule has 0 saturated heterocycles. The number of halogens is 1. The van der Waals surface area contributed by atoms with Crippen LogP contribution in [0.15, 0.2) is 24.3 Å². The molecular formula is C12H14ClN3. The number of hydrogen-bond acceptors (Lipinski definition) is 2. The van der Waals surface area contributed by atoms with E-state index in [-0.39, 0.29) is 0 Å². The van der Waals surface area contributed by atoms with Crippen LogP contribution in [0.1, 0.15) is 22.5 Å². The molecule has 16 heavy (non-hydrogen) atoms. The predicted octanol–water partition coefficient (Wildman–Crippen LogP) is 2.68. The zero-order chi connectivity index (χ0) is 11.5. The van der Waals surface area contributed by atoms with Gasteiger partial charge in [-0.25, -0.2) is 4.68 Å². The highest BCUT2D eigenvalue weighted by molar-refractivity contribution is 6.16. The van der Waals surface area contributed by atoms with Gasteiger partial charge in [-0.05, 0) is 19.4 Å². The Hall–Kier alpha value is -1.35. The average molecular weight is 236 g/mol. The summed E-state index contributed by atoms with van der Waals surface area (Å²) in [5.41, 5.74) is 4.38. The second-order valence-corrected chi connectivity index (χ2v) is 4.17. The number of aromatic nitrogens is 3. The first-order valence-electron chi connectivity index (χ1n) is 5.21. The predicted molar refractivity (Wildman–Crippen MR) is 64.6 cm³/mol. The molecule has 0 aliphatic heterocycles. The van der Waals surface area contributed by atoms with Crippen molar-refractivity contribution in [2.24, 2.45) is 0 Å². The number of alkyl halides is 1. The standard InChI is InChI=1S/C12H14ClN3/c1-9-4-3-5-11(6-9)8-16-10(2)12(7-13)14-15-16/h3-6H,7-8H2,1-2H3. The van der Waals surface area contributed by atoms with Crippen LogP contribution in [0.2, 0.25) is 0 Å². The van der Waals surface area contributed by atoms with Crippen LogP contribution in [0.3, 0.4) is 0 Å². The van der Waals surface area contributed by atoms with E-state index < -0.39 is 0 Å². The van der Waals surface area contributed by atoms with E-state index in [1.807, 2.05) is 11.6 Å². The van der Waals surface area contributed by atoms with Gasteiger partial charge in [-0.15, -0.1) is 16.7 Å². The molecule has 0 N–H and O–H groups in total. The van der Waals surface area contributed by atoms with Crippen LogP contribution in [0.4, 0.5) is 0 Å². The molecule has 0 amide bonds. The van der Waals surface area contributed by atoms with Gasteiger partial charge in [0.25, 0.3) is 0 Å². The van der Waals surface area contributed by atoms with E-state index in [0.29, 0.717) is 5.88 Å². The summed E-state index contributed by atoms with van der Waals surface area (Å²) in [6.45, 7) is 4.83. The van der Waals surface area contributed by atoms with Gasteiger partial charge in [-0.1, -0.05) is 35.0 Å². The summed E-state index contributed by atoms with van der Waals surface area (Å²) in [6.07, 6.45) is 0. The molecular weight excluding hydrogens is 222 g/mol. The van der Waals surface area contributed by atoms with Crippen LogP contribution in [0.5, 0.6) is 0 Å². The molecule has 1 aromatic carbocycles. The van der Waals surface area contributed by atoms with Gasteiger partial charge in [0.15, 0.2) is 0 Å². The average Bonchev–Trinajstić information content (AvgIpc) is 2.60. The molecule has 0 spiro atoms. The largest absolute Gasteiger partial charge is 0.245 e. The molecule has 0 aliphatic rings. The third kappa shape index (κ3) is 2.25. The molecule has 84 valence electrons. The molecule has 1 heterocycles. The van der Waals surface area contributed by atoms with E-state index in [4.69, 9.17) is 11.6 Å². The number of aryl methyl sites for hydroxylation is 1. The van der Waals surface area contributed by atoms with Gasteiger partial charge in [0.05, 0.1) is 18.1 Å². The molecule has 0 atom stereocenters. The SMILES string of the molecule is Cc1cccc(Cn2nnc(CCl)c2C)c1. The minimum absolute atomic E-state index is 0.416. The normalized spacial score (nSPS) is 10.7. The number of hydrogen-bond donors (Lipinski definition) is 0. The fourth-order valence-corrected chi connectivity index (χ4v) is 1.90. The first kappa shape index (κ1) is 11.1. The van der Waals surface area contributed by atoms with Crippen molar-refractivity contribution in [2.45, 2.75) is 26.3 Å². The topological polar surface area (TPSA) is 30.7 Å². The maximum atomic E-state index is 5.76. The summed E-state index contributed by atoms with van der Waals surface area (Å²) < 4.78 is 1.88. The Morgan fingerprint density at radius 3 is 2.75 bits per heavy atom. The summed E-state index contributed by atoms with van der Waals surface area (Å²) in [5, 5.41) is 8.13. The lowest BCUT2D eigenvalue weighted by Crippen LogP contribution is -2.04. The van der Waals surface area contributed by atoms with E-state index in [1.165, 1.54) is 11.1 Å². The van der Waals surface area contributed by atoms with Gasteiger partial charge in [0.1, 0.15) is 5.69 Å². The molecule has 1 aromatic heterocycles. The lowest BCUT2D eigenvalue weighted by Gasteiger charge is -2.04. The maximum Gasteiger partial charge on any atom is 0.100 e. The lowest BCUT2D eigenvalue weighted by molar-refractivity contribution is 0.633. The van der Waals surface area contributed by atoms with E-state index in [1.54, 1.807) is 0 Å². The number of benzene rings is 1. The van der Waals surface area contributed by atoms with Crippen molar-refractivity contribution in [3.63, 3.8) is 0 Å². The highest BCUT2D eigenvalue weighted by atomic mass is 35.5. The van der Waals surface area contributed by atoms with E-state index in [9.17, 15) is 0 Å². The van der Waals surface area contributed by atoms with Crippen molar-refractivity contribution in [1.29, 1.82) is 0 Å². The van der Waals surface area contributed by atoms with Crippen LogP contribution in [-0.4, -0.2) is 15.0 Å². The lowest BCUT2D eigenvalue weighted by atomic mass is 10.1. The van der Waals surface area contributed by atoms with Crippen LogP contribution in [-0.2, 0) is 12.4 Å². The smallest absolute Gasteiger partial charge is 0.100 e. The second kappa shape index (κ2) is 4.66. The van der Waals surface area contributed by atoms with Crippen molar-refractivity contribution < 1.29 is 0 Å². The van der Waals surface area contributed by atoms with Crippen molar-refractivity contribution >= 4 is 11.6 Å². The molecule has 0 fully saturated rings. The van der Waals surface area contributed by atoms with Crippen molar-refractivity contribution in [2.75, 3.05) is 0 Å². The maximum absolute atomic E-state index is 5.76. The first-order chi connectivity index (χ1) is 7.70. The summed E-state index contributed by atoms with van der Waals surface area (Å²) >= 11 is 5.76. The molecule has 3 nitrogen and oxygen atoms in total. The van der Waals surface area contributed by atoms with Crippen LogP contribution < -0.4 is 0 Å². The minimum Gasteiger partial charge on any atom is -0.245 e. The summed E-state index contributed by atoms with van der Waals surface area (Å²) in [6, 6.07) is 8.39. The van der Waals surface area contributed by atoms with Crippen molar-refractivity contribution in [1.82, 2.24) is 15.0 Å². The molecule has 0 unspecified atom stereocenters. The molecule has 2 aromatic rings. The van der Waals surface area contributed by atoms with Gasteiger partial charge in [0, 0.05) is 0 Å². The monoisotopic (exact) mass is 235 g/mol. The highest BCUT2D eigenvalue weighted by Gasteiger charge is 2.07. The van der Waals surface area contributed by atoms with Crippen molar-refractivity contribution in [3.8, 4) is 0 Å². The second-order valence-electron chi connectivity index (χ2n) is 3.90. The quantitative estimate of drug-likeness (QED) is 0.766. The van der Waals surface area contributed by atoms with Crippen LogP contribution >= 0.6 is 11.6 Å². The van der Waals surface area contributed by atoms with Crippen LogP contribution in [0, 0.1) is 13.8 Å². The molecule has 4 heteroatoms. The van der Waals surface area contributed by atoms with Gasteiger partial charge in [-0.3, -0.25) is 0 Å². The zero-order valence-electron chi connectivity index (χ0n) is 9.44. The Labute approximate surface area is 100 Å². The first-order valence-corrected chi connectivity index (χ1v) is 5.74. The molecule has 0 aliphatic carbocycles. The van der Waals surface area contributed by atoms with E-state index in [0.717, 1.165) is 17.9 Å². The fourth-order valence-electron chi connectivity index (χ4n) is 1.65. The third-order valence-electron chi connectivity index (χ3n) is 2.62. The Kier molecular flexibility index (Phi) is 3.25. The fraction of sp³-hybridized carbons (Fsp3) is 0.333. The van der Waals surface area contributed by atoms with Gasteiger partial charge in [0.2, 0.25) is 0 Å². The van der Waals surface area contributed by atoms with Gasteiger partial charge < -0.3 is 0 Å². The zero-order valence-corrected chi connectivity index (χ0v) is 10.2. The van der Waals surface area contributed by atoms with Crippen molar-refractivity contribution in [3.05, 3.63) is 46.8 Å². The Balaban J connectivity index is 2.24. The van der Waals surface area contributed by atoms with E-state index >= 15 is 0 Å². The van der Waals surface area contributed by atoms with E-state index in [2.05, 4.69) is 41.5 Å². The Bertz CT molecular complexity index is 491. The number of rotatable bonds is 3. The molecule has 2 rings (SSSR count). The minimum atomic E-state index is 0.416. The summed E-state index contributed by atoms with van der Waals surface area (Å²) in [5.74, 6) is 0.416. The molecule has 0 radical (unpaired) electrons. The highest BCUT2D eigenvalue weighted by Crippen LogP contribution is 2.10. The number of nitrogens with zero attached hydrogens (tertiary/aromatic N) is 3. The van der Waals surface area contributed by atoms with Crippen LogP contribution in [0.25, 0.3) is 0 Å². The Morgan fingerprint density at radius 1 is 1.31 bits per heavy atom. The summed E-state index contributed by atoms with van der Waals surface area (Å²) in [4.78, 5) is 0.